The molecule has 0 radical (unpaired) electrons. The van der Waals surface area contributed by atoms with E-state index in [0.717, 1.165) is 6.07 Å². The van der Waals surface area contributed by atoms with Gasteiger partial charge in [0, 0.05) is 17.1 Å². The Balaban J connectivity index is 1.83. The maximum Gasteiger partial charge on any atom is 0.248 e. The first kappa shape index (κ1) is 21.3. The SMILES string of the molecule is CC1N=CSC1C(=O)N(Cc1cc(=O)[nH]c2c(F)c(F)ccc12)c1ccc(N)c(Cl)c1. The molecule has 2 unspecified atom stereocenters. The average Bonchev–Trinajstić information content (AvgIpc) is 3.16. The number of fused-ring (bicyclic) bond motifs is 1. The molecular weight excluding hydrogens is 446 g/mol. The fourth-order valence-corrected chi connectivity index (χ4v) is 4.53. The predicted molar refractivity (Wildman–Crippen MR) is 121 cm³/mol. The van der Waals surface area contributed by atoms with E-state index in [9.17, 15) is 18.4 Å². The quantitative estimate of drug-likeness (QED) is 0.571. The van der Waals surface area contributed by atoms with Gasteiger partial charge in [-0.15, -0.1) is 0 Å². The van der Waals surface area contributed by atoms with Gasteiger partial charge in [0.2, 0.25) is 11.5 Å². The number of benzene rings is 2. The number of anilines is 2. The number of aliphatic imine (C=N–C) groups is 1. The predicted octanol–water partition coefficient (Wildman–Crippen LogP) is 4.11. The number of halogens is 3. The number of nitrogens with one attached hydrogen (secondary N) is 1. The first-order valence-corrected chi connectivity index (χ1v) is 10.6. The van der Waals surface area contributed by atoms with Crippen molar-refractivity contribution < 1.29 is 13.6 Å². The number of hydrogen-bond donors (Lipinski definition) is 2. The smallest absolute Gasteiger partial charge is 0.248 e. The van der Waals surface area contributed by atoms with E-state index >= 15 is 0 Å². The van der Waals surface area contributed by atoms with Crippen molar-refractivity contribution in [1.29, 1.82) is 0 Å². The molecule has 1 aliphatic rings. The van der Waals surface area contributed by atoms with E-state index in [1.807, 2.05) is 6.92 Å². The van der Waals surface area contributed by atoms with Gasteiger partial charge >= 0.3 is 0 Å². The molecule has 31 heavy (non-hydrogen) atoms. The lowest BCUT2D eigenvalue weighted by molar-refractivity contribution is -0.118. The van der Waals surface area contributed by atoms with E-state index in [0.29, 0.717) is 22.3 Å². The van der Waals surface area contributed by atoms with Crippen molar-refractivity contribution in [3.8, 4) is 0 Å². The van der Waals surface area contributed by atoms with Gasteiger partial charge in [-0.3, -0.25) is 14.6 Å². The second kappa shape index (κ2) is 8.32. The lowest BCUT2D eigenvalue weighted by Gasteiger charge is -2.27. The van der Waals surface area contributed by atoms with Crippen LogP contribution in [-0.4, -0.2) is 27.7 Å². The molecule has 1 amide bonds. The highest BCUT2D eigenvalue weighted by Gasteiger charge is 2.33. The van der Waals surface area contributed by atoms with Crippen LogP contribution in [0.25, 0.3) is 10.9 Å². The van der Waals surface area contributed by atoms with Crippen molar-refractivity contribution in [3.63, 3.8) is 0 Å². The molecular formula is C21H17ClF2N4O2S. The van der Waals surface area contributed by atoms with E-state index in [2.05, 4.69) is 9.98 Å². The fraction of sp³-hybridized carbons (Fsp3) is 0.190. The van der Waals surface area contributed by atoms with E-state index < -0.39 is 22.4 Å². The van der Waals surface area contributed by atoms with Crippen LogP contribution in [0.5, 0.6) is 0 Å². The molecule has 0 saturated carbocycles. The molecule has 1 aliphatic heterocycles. The van der Waals surface area contributed by atoms with Crippen molar-refractivity contribution in [2.75, 3.05) is 10.6 Å². The molecule has 4 rings (SSSR count). The Labute approximate surface area is 185 Å². The minimum absolute atomic E-state index is 0.0612. The van der Waals surface area contributed by atoms with Gasteiger partial charge in [-0.2, -0.15) is 0 Å². The number of nitrogen functional groups attached to an aromatic ring is 1. The summed E-state index contributed by atoms with van der Waals surface area (Å²) in [7, 11) is 0. The van der Waals surface area contributed by atoms with Crippen molar-refractivity contribution in [3.05, 3.63) is 69.0 Å². The Hall–Kier alpha value is -2.91. The second-order valence-corrected chi connectivity index (χ2v) is 8.52. The Morgan fingerprint density at radius 1 is 1.29 bits per heavy atom. The summed E-state index contributed by atoms with van der Waals surface area (Å²) < 4.78 is 28.0. The van der Waals surface area contributed by atoms with Gasteiger partial charge < -0.3 is 15.6 Å². The molecule has 3 N–H and O–H groups in total. The summed E-state index contributed by atoms with van der Waals surface area (Å²) in [6.45, 7) is 1.77. The number of rotatable bonds is 4. The highest BCUT2D eigenvalue weighted by atomic mass is 35.5. The number of aromatic nitrogens is 1. The summed E-state index contributed by atoms with van der Waals surface area (Å²) in [5, 5.41) is 0.0857. The number of H-pyrrole nitrogens is 1. The third-order valence-electron chi connectivity index (χ3n) is 5.07. The Morgan fingerprint density at radius 2 is 2.06 bits per heavy atom. The van der Waals surface area contributed by atoms with Gasteiger partial charge in [0.25, 0.3) is 0 Å². The maximum absolute atomic E-state index is 14.3. The zero-order valence-electron chi connectivity index (χ0n) is 16.2. The standard InChI is InChI=1S/C21H17ClF2N4O2S/c1-10-20(31-9-26-10)21(30)28(12-2-5-16(25)14(22)7-12)8-11-6-17(29)27-19-13(11)3-4-15(23)18(19)24/h2-7,9-10,20H,8,25H2,1H3,(H,27,29). The molecule has 2 heterocycles. The molecule has 10 heteroatoms. The molecule has 0 aliphatic carbocycles. The largest absolute Gasteiger partial charge is 0.398 e. The number of hydrogen-bond acceptors (Lipinski definition) is 5. The minimum Gasteiger partial charge on any atom is -0.398 e. The van der Waals surface area contributed by atoms with Crippen LogP contribution in [0.1, 0.15) is 12.5 Å². The van der Waals surface area contributed by atoms with E-state index in [1.165, 1.54) is 28.8 Å². The Kier molecular flexibility index (Phi) is 5.72. The second-order valence-electron chi connectivity index (χ2n) is 7.12. The lowest BCUT2D eigenvalue weighted by atomic mass is 10.1. The van der Waals surface area contributed by atoms with Crippen molar-refractivity contribution in [2.24, 2.45) is 4.99 Å². The van der Waals surface area contributed by atoms with Crippen molar-refractivity contribution >= 4 is 57.1 Å². The molecule has 6 nitrogen and oxygen atoms in total. The number of thioether (sulfide) groups is 1. The van der Waals surface area contributed by atoms with Crippen LogP contribution in [0, 0.1) is 11.6 Å². The normalized spacial score (nSPS) is 17.9. The van der Waals surface area contributed by atoms with Gasteiger partial charge in [-0.25, -0.2) is 8.78 Å². The molecule has 0 spiro atoms. The average molecular weight is 463 g/mol. The fourth-order valence-electron chi connectivity index (χ4n) is 3.42. The number of nitrogens with zero attached hydrogens (tertiary/aromatic N) is 2. The summed E-state index contributed by atoms with van der Waals surface area (Å²) in [4.78, 5) is 33.6. The number of carbonyl (C=O) groups is 1. The van der Waals surface area contributed by atoms with E-state index in [4.69, 9.17) is 17.3 Å². The Bertz CT molecular complexity index is 1280. The highest BCUT2D eigenvalue weighted by molar-refractivity contribution is 8.13. The van der Waals surface area contributed by atoms with Crippen molar-refractivity contribution in [1.82, 2.24) is 4.98 Å². The summed E-state index contributed by atoms with van der Waals surface area (Å²) >= 11 is 7.47. The minimum atomic E-state index is -1.15. The van der Waals surface area contributed by atoms with Crippen LogP contribution in [0.2, 0.25) is 5.02 Å². The molecule has 0 bridgehead atoms. The monoisotopic (exact) mass is 462 g/mol. The van der Waals surface area contributed by atoms with Crippen LogP contribution in [0.4, 0.5) is 20.2 Å². The molecule has 160 valence electrons. The summed E-state index contributed by atoms with van der Waals surface area (Å²) in [6.07, 6.45) is 0. The number of aromatic amines is 1. The summed E-state index contributed by atoms with van der Waals surface area (Å²) in [6, 6.07) is 8.13. The Morgan fingerprint density at radius 3 is 2.74 bits per heavy atom. The summed E-state index contributed by atoms with van der Waals surface area (Å²) in [5.41, 5.74) is 7.74. The number of nitrogens with two attached hydrogens (primary N) is 1. The first-order chi connectivity index (χ1) is 14.8. The van der Waals surface area contributed by atoms with Crippen LogP contribution in [0.15, 0.2) is 46.2 Å². The van der Waals surface area contributed by atoms with Gasteiger partial charge in [0.15, 0.2) is 11.6 Å². The zero-order valence-corrected chi connectivity index (χ0v) is 17.8. The molecule has 0 fully saturated rings. The number of carbonyl (C=O) groups excluding carboxylic acids is 1. The topological polar surface area (TPSA) is 91.5 Å². The number of amides is 1. The van der Waals surface area contributed by atoms with Gasteiger partial charge in [-0.05, 0) is 42.8 Å². The van der Waals surface area contributed by atoms with Crippen LogP contribution in [0.3, 0.4) is 0 Å². The first-order valence-electron chi connectivity index (χ1n) is 9.29. The number of pyridine rings is 1. The third kappa shape index (κ3) is 4.03. The van der Waals surface area contributed by atoms with Gasteiger partial charge in [0.1, 0.15) is 5.25 Å². The van der Waals surface area contributed by atoms with Crippen LogP contribution < -0.4 is 16.2 Å². The van der Waals surface area contributed by atoms with E-state index in [1.54, 1.807) is 23.7 Å². The molecule has 3 aromatic rings. The molecule has 2 aromatic carbocycles. The zero-order chi connectivity index (χ0) is 22.3. The molecule has 2 atom stereocenters. The highest BCUT2D eigenvalue weighted by Crippen LogP contribution is 2.32. The molecule has 0 saturated heterocycles. The molecule has 1 aromatic heterocycles. The van der Waals surface area contributed by atoms with Crippen LogP contribution >= 0.6 is 23.4 Å². The van der Waals surface area contributed by atoms with Gasteiger partial charge in [0.05, 0.1) is 34.4 Å². The maximum atomic E-state index is 14.3. The van der Waals surface area contributed by atoms with Gasteiger partial charge in [-0.1, -0.05) is 23.4 Å². The van der Waals surface area contributed by atoms with Crippen molar-refractivity contribution in [2.45, 2.75) is 24.8 Å². The lowest BCUT2D eigenvalue weighted by Crippen LogP contribution is -2.40. The summed E-state index contributed by atoms with van der Waals surface area (Å²) in [5.74, 6) is -2.49. The van der Waals surface area contributed by atoms with E-state index in [-0.39, 0.29) is 29.0 Å². The third-order valence-corrected chi connectivity index (χ3v) is 6.53. The van der Waals surface area contributed by atoms with Crippen LogP contribution in [-0.2, 0) is 11.3 Å².